The Morgan fingerprint density at radius 1 is 1.12 bits per heavy atom. The summed E-state index contributed by atoms with van der Waals surface area (Å²) in [6, 6.07) is 12.1. The highest BCUT2D eigenvalue weighted by Gasteiger charge is 2.18. The molecule has 0 spiro atoms. The summed E-state index contributed by atoms with van der Waals surface area (Å²) in [6.45, 7) is 0.351. The average Bonchev–Trinajstić information content (AvgIpc) is 3.39. The smallest absolute Gasteiger partial charge is 0.258 e. The van der Waals surface area contributed by atoms with Gasteiger partial charge in [0.15, 0.2) is 24.0 Å². The molecule has 32 heavy (non-hydrogen) atoms. The van der Waals surface area contributed by atoms with Crippen molar-refractivity contribution in [1.29, 1.82) is 0 Å². The van der Waals surface area contributed by atoms with Gasteiger partial charge in [-0.25, -0.2) is 13.8 Å². The second-order valence-corrected chi connectivity index (χ2v) is 7.07. The quantitative estimate of drug-likeness (QED) is 0.458. The number of imidazole rings is 1. The zero-order valence-corrected chi connectivity index (χ0v) is 17.3. The summed E-state index contributed by atoms with van der Waals surface area (Å²) in [4.78, 5) is 16.5. The first-order valence-corrected chi connectivity index (χ1v) is 9.96. The van der Waals surface area contributed by atoms with Gasteiger partial charge in [0.05, 0.1) is 12.7 Å². The van der Waals surface area contributed by atoms with Gasteiger partial charge in [0.2, 0.25) is 0 Å². The lowest BCUT2D eigenvalue weighted by Crippen LogP contribution is -2.32. The molecule has 0 bridgehead atoms. The molecule has 7 nitrogen and oxygen atoms in total. The van der Waals surface area contributed by atoms with Gasteiger partial charge >= 0.3 is 0 Å². The van der Waals surface area contributed by atoms with Gasteiger partial charge in [-0.15, -0.1) is 0 Å². The van der Waals surface area contributed by atoms with Crippen molar-refractivity contribution in [2.45, 2.75) is 6.54 Å². The molecule has 164 valence electrons. The first-order valence-electron chi connectivity index (χ1n) is 9.96. The normalized spacial score (nSPS) is 10.8. The second kappa shape index (κ2) is 9.42. The Kier molecular flexibility index (Phi) is 6.25. The largest absolute Gasteiger partial charge is 0.481 e. The number of aryl methyl sites for hydroxylation is 1. The third-order valence-corrected chi connectivity index (χ3v) is 4.87. The molecular weight excluding hydrogens is 416 g/mol. The number of amides is 1. The molecule has 0 aliphatic rings. The summed E-state index contributed by atoms with van der Waals surface area (Å²) in [5, 5.41) is 7.19. The number of ether oxygens (including phenoxy) is 1. The number of carbonyl (C=O) groups is 1. The van der Waals surface area contributed by atoms with E-state index in [1.54, 1.807) is 41.3 Å². The number of rotatable bonds is 8. The van der Waals surface area contributed by atoms with Crippen LogP contribution in [0.15, 0.2) is 67.1 Å². The maximum Gasteiger partial charge on any atom is 0.258 e. The Labute approximate surface area is 183 Å². The zero-order valence-electron chi connectivity index (χ0n) is 17.3. The molecule has 0 aliphatic heterocycles. The summed E-state index contributed by atoms with van der Waals surface area (Å²) in [5.41, 5.74) is 2.35. The van der Waals surface area contributed by atoms with E-state index >= 15 is 0 Å². The Bertz CT molecular complexity index is 1220. The molecule has 2 heterocycles. The van der Waals surface area contributed by atoms with Gasteiger partial charge in [0.1, 0.15) is 11.5 Å². The highest BCUT2D eigenvalue weighted by atomic mass is 19.1. The Morgan fingerprint density at radius 2 is 1.91 bits per heavy atom. The van der Waals surface area contributed by atoms with Crippen molar-refractivity contribution in [1.82, 2.24) is 24.6 Å². The number of para-hydroxylation sites is 1. The SMILES string of the molecule is Cn1ccnc1-c1c(-c2ccc(F)cc2)cnn1CCNC(=O)COc1ccccc1F. The molecule has 2 aromatic carbocycles. The minimum absolute atomic E-state index is 0.0238. The molecule has 0 fully saturated rings. The summed E-state index contributed by atoms with van der Waals surface area (Å²) in [5.74, 6) is -0.505. The summed E-state index contributed by atoms with van der Waals surface area (Å²) >= 11 is 0. The van der Waals surface area contributed by atoms with Crippen LogP contribution in [0.3, 0.4) is 0 Å². The number of hydrogen-bond acceptors (Lipinski definition) is 4. The van der Waals surface area contributed by atoms with Crippen molar-refractivity contribution in [3.8, 4) is 28.4 Å². The molecule has 4 rings (SSSR count). The van der Waals surface area contributed by atoms with Crippen LogP contribution in [0, 0.1) is 11.6 Å². The number of carbonyl (C=O) groups excluding carboxylic acids is 1. The van der Waals surface area contributed by atoms with E-state index in [0.717, 1.165) is 16.8 Å². The van der Waals surface area contributed by atoms with E-state index in [-0.39, 0.29) is 30.6 Å². The predicted octanol–water partition coefficient (Wildman–Crippen LogP) is 3.42. The number of nitrogens with zero attached hydrogens (tertiary/aromatic N) is 4. The predicted molar refractivity (Wildman–Crippen MR) is 115 cm³/mol. The van der Waals surface area contributed by atoms with Gasteiger partial charge in [0, 0.05) is 31.5 Å². The fourth-order valence-corrected chi connectivity index (χ4v) is 3.28. The summed E-state index contributed by atoms with van der Waals surface area (Å²) < 4.78 is 35.8. The monoisotopic (exact) mass is 437 g/mol. The Balaban J connectivity index is 1.45. The van der Waals surface area contributed by atoms with Crippen LogP contribution in [0.4, 0.5) is 8.78 Å². The van der Waals surface area contributed by atoms with Crippen LogP contribution < -0.4 is 10.1 Å². The highest BCUT2D eigenvalue weighted by Crippen LogP contribution is 2.31. The third-order valence-electron chi connectivity index (χ3n) is 4.87. The van der Waals surface area contributed by atoms with Crippen molar-refractivity contribution in [3.05, 3.63) is 78.8 Å². The van der Waals surface area contributed by atoms with Gasteiger partial charge < -0.3 is 14.6 Å². The number of hydrogen-bond donors (Lipinski definition) is 1. The first-order chi connectivity index (χ1) is 15.5. The maximum atomic E-state index is 13.6. The maximum absolute atomic E-state index is 13.6. The fourth-order valence-electron chi connectivity index (χ4n) is 3.28. The lowest BCUT2D eigenvalue weighted by Gasteiger charge is -2.11. The van der Waals surface area contributed by atoms with E-state index in [4.69, 9.17) is 4.74 Å². The molecule has 0 atom stereocenters. The van der Waals surface area contributed by atoms with Gasteiger partial charge in [-0.1, -0.05) is 24.3 Å². The van der Waals surface area contributed by atoms with E-state index in [0.29, 0.717) is 12.4 Å². The average molecular weight is 437 g/mol. The Morgan fingerprint density at radius 3 is 2.62 bits per heavy atom. The number of benzene rings is 2. The first kappa shape index (κ1) is 21.2. The van der Waals surface area contributed by atoms with Crippen molar-refractivity contribution in [2.75, 3.05) is 13.2 Å². The van der Waals surface area contributed by atoms with Gasteiger partial charge in [-0.3, -0.25) is 9.48 Å². The van der Waals surface area contributed by atoms with Crippen LogP contribution in [-0.4, -0.2) is 38.4 Å². The highest BCUT2D eigenvalue weighted by molar-refractivity contribution is 5.78. The van der Waals surface area contributed by atoms with Crippen LogP contribution in [0.1, 0.15) is 0 Å². The molecule has 9 heteroatoms. The van der Waals surface area contributed by atoms with Crippen molar-refractivity contribution < 1.29 is 18.3 Å². The van der Waals surface area contributed by atoms with E-state index in [2.05, 4.69) is 15.4 Å². The van der Waals surface area contributed by atoms with Gasteiger partial charge in [-0.2, -0.15) is 5.10 Å². The molecule has 0 aliphatic carbocycles. The summed E-state index contributed by atoms with van der Waals surface area (Å²) in [7, 11) is 1.87. The molecule has 4 aromatic rings. The molecule has 0 radical (unpaired) electrons. The van der Waals surface area contributed by atoms with Crippen LogP contribution in [0.5, 0.6) is 5.75 Å². The Hall–Kier alpha value is -4.01. The van der Waals surface area contributed by atoms with Crippen LogP contribution in [0.25, 0.3) is 22.6 Å². The van der Waals surface area contributed by atoms with Crippen LogP contribution in [0.2, 0.25) is 0 Å². The summed E-state index contributed by atoms with van der Waals surface area (Å²) in [6.07, 6.45) is 5.20. The van der Waals surface area contributed by atoms with E-state index in [1.807, 2.05) is 17.8 Å². The van der Waals surface area contributed by atoms with Crippen LogP contribution >= 0.6 is 0 Å². The molecular formula is C23H21F2N5O2. The third kappa shape index (κ3) is 4.66. The zero-order chi connectivity index (χ0) is 22.5. The number of aromatic nitrogens is 4. The fraction of sp³-hybridized carbons (Fsp3) is 0.174. The van der Waals surface area contributed by atoms with E-state index in [9.17, 15) is 13.6 Å². The standard InChI is InChI=1S/C23H21F2N5O2/c1-29-12-10-27-23(29)22-18(16-6-8-17(24)9-7-16)14-28-30(22)13-11-26-21(31)15-32-20-5-3-2-4-19(20)25/h2-10,12,14H,11,13,15H2,1H3,(H,26,31). The van der Waals surface area contributed by atoms with Crippen molar-refractivity contribution in [3.63, 3.8) is 0 Å². The van der Waals surface area contributed by atoms with Crippen molar-refractivity contribution >= 4 is 5.91 Å². The van der Waals surface area contributed by atoms with E-state index in [1.165, 1.54) is 24.3 Å². The molecule has 0 saturated heterocycles. The molecule has 2 aromatic heterocycles. The lowest BCUT2D eigenvalue weighted by molar-refractivity contribution is -0.123. The topological polar surface area (TPSA) is 74.0 Å². The lowest BCUT2D eigenvalue weighted by atomic mass is 10.1. The van der Waals surface area contributed by atoms with Gasteiger partial charge in [0.25, 0.3) is 5.91 Å². The minimum atomic E-state index is -0.523. The second-order valence-electron chi connectivity index (χ2n) is 7.07. The van der Waals surface area contributed by atoms with Crippen LogP contribution in [-0.2, 0) is 18.4 Å². The van der Waals surface area contributed by atoms with Crippen molar-refractivity contribution in [2.24, 2.45) is 7.05 Å². The van der Waals surface area contributed by atoms with Gasteiger partial charge in [-0.05, 0) is 29.8 Å². The van der Waals surface area contributed by atoms with E-state index < -0.39 is 5.82 Å². The number of nitrogens with one attached hydrogen (secondary N) is 1. The molecule has 1 N–H and O–H groups in total. The minimum Gasteiger partial charge on any atom is -0.481 e. The molecule has 0 unspecified atom stereocenters. The molecule has 1 amide bonds. The molecule has 0 saturated carbocycles. The number of halogens is 2.